The lowest BCUT2D eigenvalue weighted by Crippen LogP contribution is -2.17. The van der Waals surface area contributed by atoms with Crippen LogP contribution in [0.1, 0.15) is 48.0 Å². The Labute approximate surface area is 116 Å². The van der Waals surface area contributed by atoms with Crippen LogP contribution >= 0.6 is 19.4 Å². The van der Waals surface area contributed by atoms with Crippen molar-refractivity contribution in [3.8, 4) is 0 Å². The third-order valence-corrected chi connectivity index (χ3v) is 6.40. The van der Waals surface area contributed by atoms with Gasteiger partial charge in [0.1, 0.15) is 4.99 Å². The Morgan fingerprint density at radius 1 is 1.11 bits per heavy atom. The minimum absolute atomic E-state index is 0.116. The van der Waals surface area contributed by atoms with Crippen molar-refractivity contribution in [1.29, 1.82) is 0 Å². The fraction of sp³-hybridized carbons (Fsp3) is 0.846. The van der Waals surface area contributed by atoms with E-state index in [1.54, 1.807) is 17.8 Å². The van der Waals surface area contributed by atoms with E-state index in [4.69, 9.17) is 9.05 Å². The lowest BCUT2D eigenvalue weighted by atomic mass is 10.5. The second-order valence-electron chi connectivity index (χ2n) is 5.01. The zero-order valence-electron chi connectivity index (χ0n) is 12.4. The van der Waals surface area contributed by atoms with Gasteiger partial charge in [0, 0.05) is 0 Å². The summed E-state index contributed by atoms with van der Waals surface area (Å²) in [6.07, 6.45) is 2.17. The normalized spacial score (nSPS) is 14.5. The second-order valence-corrected chi connectivity index (χ2v) is 9.27. The lowest BCUT2D eigenvalue weighted by molar-refractivity contribution is 0.141. The fourth-order valence-corrected chi connectivity index (χ4v) is 5.87. The van der Waals surface area contributed by atoms with Gasteiger partial charge >= 0.3 is 7.60 Å². The summed E-state index contributed by atoms with van der Waals surface area (Å²) >= 11 is 1.63. The van der Waals surface area contributed by atoms with Crippen LogP contribution in [-0.2, 0) is 13.6 Å². The van der Waals surface area contributed by atoms with Crippen molar-refractivity contribution in [2.75, 3.05) is 0 Å². The standard InChI is InChI=1S/C13H27O3PS/c1-8-9-13(18-12(6)7)17(14,15-10(2)3)16-11(4)5/h8,10-13H,1,9H2,2-7H3. The predicted octanol–water partition coefficient (Wildman–Crippen LogP) is 5.07. The molecule has 0 bridgehead atoms. The highest BCUT2D eigenvalue weighted by molar-refractivity contribution is 8.05. The minimum atomic E-state index is -3.12. The maximum absolute atomic E-state index is 12.9. The van der Waals surface area contributed by atoms with Gasteiger partial charge in [0.15, 0.2) is 0 Å². The summed E-state index contributed by atoms with van der Waals surface area (Å²) < 4.78 is 24.2. The minimum Gasteiger partial charge on any atom is -0.305 e. The van der Waals surface area contributed by atoms with Crippen molar-refractivity contribution in [3.63, 3.8) is 0 Å². The van der Waals surface area contributed by atoms with Crippen molar-refractivity contribution in [2.24, 2.45) is 0 Å². The summed E-state index contributed by atoms with van der Waals surface area (Å²) in [6.45, 7) is 15.4. The molecule has 0 aromatic heterocycles. The molecule has 18 heavy (non-hydrogen) atoms. The van der Waals surface area contributed by atoms with Crippen LogP contribution in [-0.4, -0.2) is 22.4 Å². The molecule has 0 heterocycles. The van der Waals surface area contributed by atoms with E-state index in [2.05, 4.69) is 20.4 Å². The Kier molecular flexibility index (Phi) is 8.53. The summed E-state index contributed by atoms with van der Waals surface area (Å²) in [5.74, 6) is 0. The Hall–Kier alpha value is 0.240. The first kappa shape index (κ1) is 18.2. The molecule has 3 nitrogen and oxygen atoms in total. The van der Waals surface area contributed by atoms with Crippen LogP contribution in [0.2, 0.25) is 0 Å². The highest BCUT2D eigenvalue weighted by Gasteiger charge is 2.38. The lowest BCUT2D eigenvalue weighted by Gasteiger charge is -2.29. The van der Waals surface area contributed by atoms with Gasteiger partial charge in [-0.15, -0.1) is 18.3 Å². The fourth-order valence-electron chi connectivity index (χ4n) is 1.46. The summed E-state index contributed by atoms with van der Waals surface area (Å²) in [5.41, 5.74) is 0. The number of hydrogen-bond donors (Lipinski definition) is 0. The van der Waals surface area contributed by atoms with E-state index in [1.165, 1.54) is 0 Å². The number of rotatable bonds is 9. The van der Waals surface area contributed by atoms with Gasteiger partial charge in [-0.05, 0) is 39.4 Å². The van der Waals surface area contributed by atoms with Crippen LogP contribution in [0.25, 0.3) is 0 Å². The van der Waals surface area contributed by atoms with Crippen LogP contribution in [0.3, 0.4) is 0 Å². The number of hydrogen-bond acceptors (Lipinski definition) is 4. The van der Waals surface area contributed by atoms with Crippen molar-refractivity contribution in [3.05, 3.63) is 12.7 Å². The van der Waals surface area contributed by atoms with Gasteiger partial charge in [0.25, 0.3) is 0 Å². The third-order valence-electron chi connectivity index (χ3n) is 1.87. The largest absolute Gasteiger partial charge is 0.344 e. The molecule has 0 aromatic rings. The Balaban J connectivity index is 5.06. The third kappa shape index (κ3) is 6.98. The van der Waals surface area contributed by atoms with Crippen LogP contribution in [0, 0.1) is 0 Å². The molecule has 0 saturated carbocycles. The molecule has 0 radical (unpaired) electrons. The molecule has 0 aliphatic rings. The summed E-state index contributed by atoms with van der Waals surface area (Å²) in [5, 5.41) is 0.370. The first-order valence-corrected chi connectivity index (χ1v) is 8.99. The molecular weight excluding hydrogens is 267 g/mol. The summed E-state index contributed by atoms with van der Waals surface area (Å²) in [4.78, 5) is -0.181. The molecule has 0 saturated heterocycles. The van der Waals surface area contributed by atoms with E-state index in [0.717, 1.165) is 0 Å². The molecule has 0 aromatic carbocycles. The monoisotopic (exact) mass is 294 g/mol. The quantitative estimate of drug-likeness (QED) is 0.439. The van der Waals surface area contributed by atoms with Crippen molar-refractivity contribution in [2.45, 2.75) is 70.4 Å². The molecule has 0 aliphatic heterocycles. The van der Waals surface area contributed by atoms with Gasteiger partial charge in [0.2, 0.25) is 0 Å². The molecule has 0 aliphatic carbocycles. The maximum Gasteiger partial charge on any atom is 0.344 e. The van der Waals surface area contributed by atoms with E-state index >= 15 is 0 Å². The highest BCUT2D eigenvalue weighted by Crippen LogP contribution is 2.60. The molecule has 1 atom stereocenters. The van der Waals surface area contributed by atoms with E-state index in [-0.39, 0.29) is 17.2 Å². The van der Waals surface area contributed by atoms with Crippen LogP contribution in [0.5, 0.6) is 0 Å². The van der Waals surface area contributed by atoms with E-state index < -0.39 is 7.60 Å². The summed E-state index contributed by atoms with van der Waals surface area (Å²) in [6, 6.07) is 0. The number of allylic oxidation sites excluding steroid dienone is 1. The smallest absolute Gasteiger partial charge is 0.305 e. The van der Waals surface area contributed by atoms with Crippen molar-refractivity contribution in [1.82, 2.24) is 0 Å². The van der Waals surface area contributed by atoms with Gasteiger partial charge in [-0.2, -0.15) is 0 Å². The van der Waals surface area contributed by atoms with Gasteiger partial charge in [-0.3, -0.25) is 4.57 Å². The Morgan fingerprint density at radius 3 is 1.83 bits per heavy atom. The van der Waals surface area contributed by atoms with E-state index in [1.807, 2.05) is 27.7 Å². The summed E-state index contributed by atoms with van der Waals surface area (Å²) in [7, 11) is -3.12. The van der Waals surface area contributed by atoms with Crippen LogP contribution in [0.4, 0.5) is 0 Å². The maximum atomic E-state index is 12.9. The Bertz CT molecular complexity index is 276. The topological polar surface area (TPSA) is 35.5 Å². The molecule has 5 heteroatoms. The predicted molar refractivity (Wildman–Crippen MR) is 81.4 cm³/mol. The SMILES string of the molecule is C=CCC(SC(C)C)P(=O)(OC(C)C)OC(C)C. The van der Waals surface area contributed by atoms with E-state index in [9.17, 15) is 4.57 Å². The van der Waals surface area contributed by atoms with Crippen molar-refractivity contribution >= 4 is 19.4 Å². The van der Waals surface area contributed by atoms with Gasteiger partial charge < -0.3 is 9.05 Å². The molecular formula is C13H27O3PS. The zero-order valence-corrected chi connectivity index (χ0v) is 14.1. The Morgan fingerprint density at radius 2 is 1.56 bits per heavy atom. The van der Waals surface area contributed by atoms with E-state index in [0.29, 0.717) is 11.7 Å². The number of thioether (sulfide) groups is 1. The first-order chi connectivity index (χ1) is 8.21. The average Bonchev–Trinajstić information content (AvgIpc) is 2.13. The molecule has 0 rings (SSSR count). The van der Waals surface area contributed by atoms with Gasteiger partial charge in [0.05, 0.1) is 12.2 Å². The second kappa shape index (κ2) is 8.42. The molecule has 0 fully saturated rings. The highest BCUT2D eigenvalue weighted by atomic mass is 32.2. The molecule has 0 N–H and O–H groups in total. The molecule has 0 amide bonds. The van der Waals surface area contributed by atoms with Gasteiger partial charge in [-0.25, -0.2) is 0 Å². The zero-order chi connectivity index (χ0) is 14.3. The first-order valence-electron chi connectivity index (χ1n) is 6.44. The average molecular weight is 294 g/mol. The van der Waals surface area contributed by atoms with Crippen LogP contribution < -0.4 is 0 Å². The van der Waals surface area contributed by atoms with Gasteiger partial charge in [-0.1, -0.05) is 19.9 Å². The molecule has 0 spiro atoms. The van der Waals surface area contributed by atoms with Crippen LogP contribution in [0.15, 0.2) is 12.7 Å². The molecule has 108 valence electrons. The van der Waals surface area contributed by atoms with Crippen molar-refractivity contribution < 1.29 is 13.6 Å². The molecule has 1 unspecified atom stereocenters.